The van der Waals surface area contributed by atoms with E-state index in [-0.39, 0.29) is 0 Å². The molecule has 0 saturated heterocycles. The molecule has 0 N–H and O–H groups in total. The lowest BCUT2D eigenvalue weighted by Gasteiger charge is -2.38. The average molecular weight is 1170 g/mol. The minimum absolute atomic E-state index is 0.673. The van der Waals surface area contributed by atoms with Gasteiger partial charge in [-0.3, -0.25) is 0 Å². The molecule has 412 valence electrons. The zero-order chi connectivity index (χ0) is 57.7. The fourth-order valence-electron chi connectivity index (χ4n) is 16.2. The van der Waals surface area contributed by atoms with Crippen LogP contribution < -0.4 is 0 Å². The summed E-state index contributed by atoms with van der Waals surface area (Å²) < 4.78 is 46.0. The predicted molar refractivity (Wildman–Crippen MR) is 355 cm³/mol. The lowest BCUT2D eigenvalue weighted by molar-refractivity contribution is 0.682. The second kappa shape index (κ2) is 19.3. The van der Waals surface area contributed by atoms with Crippen molar-refractivity contribution in [2.24, 2.45) is 0 Å². The van der Waals surface area contributed by atoms with Crippen LogP contribution in [0.1, 0.15) is 63.8 Å². The summed E-state index contributed by atoms with van der Waals surface area (Å²) in [4.78, 5) is 4.53. The van der Waals surface area contributed by atoms with Crippen molar-refractivity contribution < 1.29 is 12.6 Å². The molecule has 7 aliphatic rings. The molecule has 0 aliphatic heterocycles. The molecule has 4 atom stereocenters. The number of hydrogen-bond donors (Lipinski definition) is 0. The van der Waals surface area contributed by atoms with E-state index in [1.54, 1.807) is 0 Å². The summed E-state index contributed by atoms with van der Waals surface area (Å²) in [5.74, 6) is 0. The maximum absolute atomic E-state index is 15.5. The van der Waals surface area contributed by atoms with Crippen LogP contribution in [0.25, 0.3) is 83.5 Å². The number of benzene rings is 11. The van der Waals surface area contributed by atoms with E-state index < -0.39 is 43.2 Å². The highest BCUT2D eigenvalue weighted by Crippen LogP contribution is 2.74. The van der Waals surface area contributed by atoms with Crippen LogP contribution in [0, 0.1) is 0 Å². The summed E-state index contributed by atoms with van der Waals surface area (Å²) >= 11 is 0. The monoisotopic (exact) mass is 1170 g/mol. The van der Waals surface area contributed by atoms with Gasteiger partial charge in [-0.2, -0.15) is 0 Å². The topological polar surface area (TPSA) is 51.2 Å². The van der Waals surface area contributed by atoms with Crippen LogP contribution in [0.2, 0.25) is 0 Å². The van der Waals surface area contributed by atoms with Crippen molar-refractivity contribution in [3.63, 3.8) is 0 Å². The lowest BCUT2D eigenvalue weighted by Crippen LogP contribution is -2.30. The first-order chi connectivity index (χ1) is 43.0. The van der Waals surface area contributed by atoms with Gasteiger partial charge in [0, 0.05) is 29.4 Å². The molecule has 0 saturated carbocycles. The molecule has 0 aromatic heterocycles. The first kappa shape index (κ1) is 50.9. The van der Waals surface area contributed by atoms with Crippen molar-refractivity contribution in [1.82, 2.24) is 0 Å². The van der Waals surface area contributed by atoms with Crippen LogP contribution in [0.3, 0.4) is 0 Å². The van der Waals surface area contributed by atoms with E-state index in [4.69, 9.17) is 0 Å². The quantitative estimate of drug-likeness (QED) is 0.167. The summed E-state index contributed by atoms with van der Waals surface area (Å²) in [6.07, 6.45) is 17.8. The Balaban J connectivity index is 1.10. The van der Waals surface area contributed by atoms with E-state index in [1.807, 2.05) is 60.7 Å². The first-order valence-corrected chi connectivity index (χ1v) is 33.4. The summed E-state index contributed by atoms with van der Waals surface area (Å²) in [6.45, 7) is 0. The Labute approximate surface area is 513 Å². The summed E-state index contributed by atoms with van der Waals surface area (Å²) in [5.41, 5.74) is 25.3. The minimum Gasteiger partial charge on any atom is -0.249 e. The van der Waals surface area contributed by atoms with Gasteiger partial charge in [-0.25, -0.2) is 12.6 Å². The Morgan fingerprint density at radius 3 is 1.38 bits per heavy atom. The van der Waals surface area contributed by atoms with Crippen LogP contribution in [-0.2, 0) is 43.2 Å². The van der Waals surface area contributed by atoms with Crippen LogP contribution in [0.4, 0.5) is 0 Å². The zero-order valence-electron chi connectivity index (χ0n) is 47.1. The zero-order valence-corrected chi connectivity index (χ0v) is 49.6. The lowest BCUT2D eigenvalue weighted by atomic mass is 9.63. The van der Waals surface area contributed by atoms with Crippen molar-refractivity contribution >= 4 is 38.0 Å². The standard InChI is InChI=1S/C81H52O3S3/c82-85(50-23-5-1-6-24-50)53-41-44-64-67(47-53)58-31-14-13-29-56(58)57-30-15-16-36-63(57)74-75(64)78-77(66-46-43-55(87(84)52-27-9-3-10-28-52)49-73(66)81(78)70-39-21-18-34-61(70)62-35-19-22-40-71(62)81)79-76(74)65-45-42-54(86(83)51-25-7-2-8-26-51)48-72(65)80(79)68-37-12-4-11-32-59(68)60-33-17-20-38-69(60)80/h1-2,4-9,11-36,38-49H,3,10,37H2/t80-,85?,86?,87?/m0/s1. The second-order valence-corrected chi connectivity index (χ2v) is 27.9. The average Bonchev–Trinajstić information content (AvgIpc) is 1.48. The minimum atomic E-state index is -1.52. The SMILES string of the molecule is O=S(C1=CCCC=C1)c1ccc2c(c1)C1(c3ccccc3-c3ccccc31)c1c3c(c4c(c1-2)[C@]1(C2=C(C=CC=CC2)c2ccccc21)c1cc(S(=O)c2ccccc2)ccc1-4)-c1ccccc1-c1ccccc1-c1cc(S(=O)c2ccccc2)ccc1-3. The molecule has 2 spiro atoms. The molecule has 11 aromatic carbocycles. The van der Waals surface area contributed by atoms with Gasteiger partial charge in [0.05, 0.1) is 43.2 Å². The molecule has 0 bridgehead atoms. The van der Waals surface area contributed by atoms with Crippen molar-refractivity contribution in [1.29, 1.82) is 0 Å². The molecule has 6 heteroatoms. The van der Waals surface area contributed by atoms with Gasteiger partial charge >= 0.3 is 0 Å². The van der Waals surface area contributed by atoms with Crippen molar-refractivity contribution in [2.75, 3.05) is 0 Å². The van der Waals surface area contributed by atoms with E-state index in [2.05, 4.69) is 218 Å². The number of fused-ring (bicyclic) bond motifs is 30. The highest BCUT2D eigenvalue weighted by atomic mass is 32.2. The van der Waals surface area contributed by atoms with Gasteiger partial charge in [0.25, 0.3) is 0 Å². The number of rotatable bonds is 6. The Bertz CT molecular complexity index is 5090. The third-order valence-electron chi connectivity index (χ3n) is 19.5. The third kappa shape index (κ3) is 6.89. The van der Waals surface area contributed by atoms with Crippen molar-refractivity contribution in [2.45, 2.75) is 54.6 Å². The van der Waals surface area contributed by atoms with E-state index >= 15 is 12.6 Å². The highest BCUT2D eigenvalue weighted by molar-refractivity contribution is 7.89. The van der Waals surface area contributed by atoms with Gasteiger partial charge in [-0.05, 0) is 220 Å². The normalized spacial score (nSPS) is 17.8. The molecule has 11 aromatic rings. The van der Waals surface area contributed by atoms with Crippen LogP contribution in [0.5, 0.6) is 0 Å². The number of allylic oxidation sites excluding steroid dienone is 9. The van der Waals surface area contributed by atoms with E-state index in [0.717, 1.165) is 131 Å². The van der Waals surface area contributed by atoms with Crippen molar-refractivity contribution in [3.8, 4) is 77.9 Å². The Morgan fingerprint density at radius 2 is 0.759 bits per heavy atom. The van der Waals surface area contributed by atoms with Crippen LogP contribution >= 0.6 is 0 Å². The molecule has 3 unspecified atom stereocenters. The molecule has 0 amide bonds. The van der Waals surface area contributed by atoms with Gasteiger partial charge in [0.15, 0.2) is 0 Å². The Hall–Kier alpha value is -9.43. The van der Waals surface area contributed by atoms with E-state index in [9.17, 15) is 0 Å². The molecule has 87 heavy (non-hydrogen) atoms. The third-order valence-corrected chi connectivity index (χ3v) is 23.6. The molecule has 18 rings (SSSR count). The largest absolute Gasteiger partial charge is 0.249 e. The predicted octanol–water partition coefficient (Wildman–Crippen LogP) is 19.3. The van der Waals surface area contributed by atoms with E-state index in [0.29, 0.717) is 6.42 Å². The fourth-order valence-corrected chi connectivity index (χ4v) is 19.6. The van der Waals surface area contributed by atoms with E-state index in [1.165, 1.54) is 44.5 Å². The second-order valence-electron chi connectivity index (χ2n) is 23.5. The Kier molecular flexibility index (Phi) is 11.3. The molecule has 7 aliphatic carbocycles. The number of hydrogen-bond acceptors (Lipinski definition) is 3. The molecule has 0 fully saturated rings. The maximum atomic E-state index is 15.5. The van der Waals surface area contributed by atoms with Gasteiger partial charge < -0.3 is 0 Å². The maximum Gasteiger partial charge on any atom is 0.0849 e. The molecule has 3 nitrogen and oxygen atoms in total. The van der Waals surface area contributed by atoms with Gasteiger partial charge in [-0.15, -0.1) is 0 Å². The van der Waals surface area contributed by atoms with Gasteiger partial charge in [0.1, 0.15) is 0 Å². The van der Waals surface area contributed by atoms with Gasteiger partial charge in [-0.1, -0.05) is 212 Å². The smallest absolute Gasteiger partial charge is 0.0849 e. The van der Waals surface area contributed by atoms with Crippen LogP contribution in [0.15, 0.2) is 314 Å². The van der Waals surface area contributed by atoms with Crippen LogP contribution in [-0.4, -0.2) is 12.6 Å². The first-order valence-electron chi connectivity index (χ1n) is 29.9. The molecular weight excluding hydrogens is 1120 g/mol. The van der Waals surface area contributed by atoms with Gasteiger partial charge in [0.2, 0.25) is 0 Å². The molecule has 0 radical (unpaired) electrons. The summed E-state index contributed by atoms with van der Waals surface area (Å²) in [6, 6.07) is 84.6. The highest BCUT2D eigenvalue weighted by Gasteiger charge is 2.61. The Morgan fingerprint density at radius 1 is 0.299 bits per heavy atom. The fraction of sp³-hybridized carbons (Fsp3) is 0.0617. The molecular formula is C81H52O3S3. The summed E-state index contributed by atoms with van der Waals surface area (Å²) in [7, 11) is -4.51. The van der Waals surface area contributed by atoms with Crippen molar-refractivity contribution in [3.05, 3.63) is 334 Å². The molecule has 0 heterocycles. The summed E-state index contributed by atoms with van der Waals surface area (Å²) in [5, 5.41) is 0.